The average Bonchev–Trinajstić information content (AvgIpc) is 2.90. The van der Waals surface area contributed by atoms with E-state index in [1.54, 1.807) is 0 Å². The van der Waals surface area contributed by atoms with Crippen LogP contribution in [-0.4, -0.2) is 0 Å². The molecule has 0 N–H and O–H groups in total. The van der Waals surface area contributed by atoms with Crippen molar-refractivity contribution < 1.29 is 0 Å². The van der Waals surface area contributed by atoms with E-state index in [-0.39, 0.29) is 0 Å². The van der Waals surface area contributed by atoms with Crippen LogP contribution in [0.3, 0.4) is 0 Å². The first-order chi connectivity index (χ1) is 16.8. The van der Waals surface area contributed by atoms with Crippen molar-refractivity contribution in [3.63, 3.8) is 0 Å². The minimum atomic E-state index is 0.692. The van der Waals surface area contributed by atoms with Crippen LogP contribution in [0.1, 0.15) is 5.56 Å². The average molecular weight is 451 g/mol. The number of nitriles is 1. The molecule has 1 aliphatic rings. The zero-order chi connectivity index (χ0) is 22.6. The van der Waals surface area contributed by atoms with Gasteiger partial charge in [-0.1, -0.05) is 72.4 Å². The lowest BCUT2D eigenvalue weighted by Gasteiger charge is -2.33. The van der Waals surface area contributed by atoms with Crippen molar-refractivity contribution in [2.75, 3.05) is 4.90 Å². The molecule has 158 valence electrons. The molecule has 34 heavy (non-hydrogen) atoms. The summed E-state index contributed by atoms with van der Waals surface area (Å²) in [5, 5.41) is 16.4. The molecule has 0 unspecified atom stereocenters. The van der Waals surface area contributed by atoms with Gasteiger partial charge in [-0.05, 0) is 80.8 Å². The molecule has 2 nitrogen and oxygen atoms in total. The Morgan fingerprint density at radius 2 is 1.12 bits per heavy atom. The highest BCUT2D eigenvalue weighted by Gasteiger charge is 2.24. The molecule has 0 bridgehead atoms. The molecule has 0 radical (unpaired) electrons. The fourth-order valence-electron chi connectivity index (χ4n) is 5.07. The predicted molar refractivity (Wildman–Crippen MR) is 142 cm³/mol. The van der Waals surface area contributed by atoms with E-state index in [1.165, 1.54) is 48.1 Å². The van der Waals surface area contributed by atoms with Crippen LogP contribution in [0.2, 0.25) is 0 Å². The van der Waals surface area contributed by atoms with Gasteiger partial charge in [-0.15, -0.1) is 0 Å². The van der Waals surface area contributed by atoms with Gasteiger partial charge in [0.15, 0.2) is 0 Å². The SMILES string of the molecule is N#Cc1ccc2c(ccc3c4ccc(N5c6ccccc6Sc6ccccc65)cc4ccc23)c1. The van der Waals surface area contributed by atoms with E-state index in [0.717, 1.165) is 11.1 Å². The van der Waals surface area contributed by atoms with Gasteiger partial charge >= 0.3 is 0 Å². The van der Waals surface area contributed by atoms with E-state index in [0.29, 0.717) is 5.56 Å². The molecule has 6 aromatic carbocycles. The Labute approximate surface area is 201 Å². The van der Waals surface area contributed by atoms with Gasteiger partial charge in [-0.25, -0.2) is 0 Å². The Kier molecular flexibility index (Phi) is 4.17. The summed E-state index contributed by atoms with van der Waals surface area (Å²) in [6, 6.07) is 40.9. The molecule has 1 aliphatic heterocycles. The number of rotatable bonds is 1. The molecule has 0 saturated carbocycles. The van der Waals surface area contributed by atoms with Crippen LogP contribution in [0.25, 0.3) is 32.3 Å². The molecule has 0 spiro atoms. The summed E-state index contributed by atoms with van der Waals surface area (Å²) in [5.41, 5.74) is 4.28. The predicted octanol–water partition coefficient (Wildman–Crippen LogP) is 8.95. The van der Waals surface area contributed by atoms with Crippen LogP contribution >= 0.6 is 11.8 Å². The van der Waals surface area contributed by atoms with Crippen molar-refractivity contribution in [1.82, 2.24) is 0 Å². The second-order valence-corrected chi connectivity index (χ2v) is 9.64. The quantitative estimate of drug-likeness (QED) is 0.234. The van der Waals surface area contributed by atoms with Crippen LogP contribution in [-0.2, 0) is 0 Å². The zero-order valence-electron chi connectivity index (χ0n) is 18.2. The lowest BCUT2D eigenvalue weighted by molar-refractivity contribution is 1.17. The fraction of sp³-hybridized carbons (Fsp3) is 0. The number of nitrogens with zero attached hydrogens (tertiary/aromatic N) is 2. The van der Waals surface area contributed by atoms with Gasteiger partial charge in [0.1, 0.15) is 0 Å². The molecular weight excluding hydrogens is 432 g/mol. The maximum atomic E-state index is 9.25. The summed E-state index contributed by atoms with van der Waals surface area (Å²) in [6.07, 6.45) is 0. The minimum Gasteiger partial charge on any atom is -0.308 e. The van der Waals surface area contributed by atoms with E-state index in [1.807, 2.05) is 23.9 Å². The van der Waals surface area contributed by atoms with Crippen molar-refractivity contribution in [2.45, 2.75) is 9.79 Å². The largest absolute Gasteiger partial charge is 0.308 e. The summed E-state index contributed by atoms with van der Waals surface area (Å²) in [7, 11) is 0. The molecule has 0 aliphatic carbocycles. The normalized spacial score (nSPS) is 12.5. The van der Waals surface area contributed by atoms with Gasteiger partial charge in [0.05, 0.1) is 23.0 Å². The van der Waals surface area contributed by atoms with Crippen molar-refractivity contribution in [3.05, 3.63) is 115 Å². The summed E-state index contributed by atoms with van der Waals surface area (Å²) < 4.78 is 0. The summed E-state index contributed by atoms with van der Waals surface area (Å²) >= 11 is 1.83. The maximum Gasteiger partial charge on any atom is 0.0991 e. The smallest absolute Gasteiger partial charge is 0.0991 e. The fourth-order valence-corrected chi connectivity index (χ4v) is 6.12. The number of fused-ring (bicyclic) bond motifs is 7. The van der Waals surface area contributed by atoms with Crippen LogP contribution in [0.15, 0.2) is 119 Å². The lowest BCUT2D eigenvalue weighted by Crippen LogP contribution is -2.14. The third-order valence-corrected chi connectivity index (χ3v) is 7.77. The Balaban J connectivity index is 1.44. The molecule has 0 fully saturated rings. The van der Waals surface area contributed by atoms with E-state index >= 15 is 0 Å². The molecule has 1 heterocycles. The number of para-hydroxylation sites is 2. The molecule has 6 aromatic rings. The molecule has 7 rings (SSSR count). The molecule has 0 atom stereocenters. The lowest BCUT2D eigenvalue weighted by atomic mass is 9.96. The number of hydrogen-bond donors (Lipinski definition) is 0. The van der Waals surface area contributed by atoms with Crippen molar-refractivity contribution in [3.8, 4) is 6.07 Å². The highest BCUT2D eigenvalue weighted by molar-refractivity contribution is 7.99. The number of anilines is 3. The molecule has 3 heteroatoms. The standard InChI is InChI=1S/C31H18N2S/c32-19-20-9-13-24-21(17-20)10-14-27-25-16-12-23(18-22(25)11-15-26(24)27)33-28-5-1-3-7-30(28)34-31-8-4-2-6-29(31)33/h1-18H. The minimum absolute atomic E-state index is 0.692. The summed E-state index contributed by atoms with van der Waals surface area (Å²) in [5.74, 6) is 0. The second kappa shape index (κ2) is 7.38. The molecule has 0 aromatic heterocycles. The molecular formula is C31H18N2S. The Morgan fingerprint density at radius 3 is 1.76 bits per heavy atom. The molecule has 0 saturated heterocycles. The topological polar surface area (TPSA) is 27.0 Å². The maximum absolute atomic E-state index is 9.25. The van der Waals surface area contributed by atoms with Gasteiger partial charge in [0.2, 0.25) is 0 Å². The van der Waals surface area contributed by atoms with Crippen LogP contribution in [0, 0.1) is 11.3 Å². The van der Waals surface area contributed by atoms with Crippen molar-refractivity contribution >= 4 is 61.1 Å². The first-order valence-corrected chi connectivity index (χ1v) is 12.1. The summed E-state index contributed by atoms with van der Waals surface area (Å²) in [4.78, 5) is 4.90. The van der Waals surface area contributed by atoms with Gasteiger partial charge < -0.3 is 4.90 Å². The van der Waals surface area contributed by atoms with Crippen molar-refractivity contribution in [2.24, 2.45) is 0 Å². The monoisotopic (exact) mass is 450 g/mol. The zero-order valence-corrected chi connectivity index (χ0v) is 19.0. The number of hydrogen-bond acceptors (Lipinski definition) is 3. The third-order valence-electron chi connectivity index (χ3n) is 6.64. The van der Waals surface area contributed by atoms with Gasteiger partial charge in [0.25, 0.3) is 0 Å². The van der Waals surface area contributed by atoms with Gasteiger partial charge in [-0.2, -0.15) is 5.26 Å². The van der Waals surface area contributed by atoms with Crippen LogP contribution < -0.4 is 4.90 Å². The van der Waals surface area contributed by atoms with E-state index < -0.39 is 0 Å². The first-order valence-electron chi connectivity index (χ1n) is 11.3. The van der Waals surface area contributed by atoms with Crippen molar-refractivity contribution in [1.29, 1.82) is 5.26 Å². The Morgan fingerprint density at radius 1 is 0.559 bits per heavy atom. The van der Waals surface area contributed by atoms with Crippen LogP contribution in [0.4, 0.5) is 17.1 Å². The highest BCUT2D eigenvalue weighted by atomic mass is 32.2. The second-order valence-electron chi connectivity index (χ2n) is 8.55. The van der Waals surface area contributed by atoms with Gasteiger partial charge in [-0.3, -0.25) is 0 Å². The van der Waals surface area contributed by atoms with E-state index in [2.05, 4.69) is 108 Å². The Hall–Kier alpha value is -4.26. The number of benzene rings is 6. The molecule has 0 amide bonds. The first kappa shape index (κ1) is 19.2. The Bertz CT molecular complexity index is 1770. The highest BCUT2D eigenvalue weighted by Crippen LogP contribution is 2.51. The van der Waals surface area contributed by atoms with Crippen LogP contribution in [0.5, 0.6) is 0 Å². The van der Waals surface area contributed by atoms with E-state index in [9.17, 15) is 5.26 Å². The third kappa shape index (κ3) is 2.83. The summed E-state index contributed by atoms with van der Waals surface area (Å²) in [6.45, 7) is 0. The van der Waals surface area contributed by atoms with Gasteiger partial charge in [0, 0.05) is 15.5 Å². The van der Waals surface area contributed by atoms with E-state index in [4.69, 9.17) is 0 Å².